The van der Waals surface area contributed by atoms with Gasteiger partial charge in [0.25, 0.3) is 12.5 Å². The van der Waals surface area contributed by atoms with E-state index in [9.17, 15) is 0 Å². The van der Waals surface area contributed by atoms with Crippen LogP contribution in [0.2, 0.25) is 0 Å². The van der Waals surface area contributed by atoms with Crippen molar-refractivity contribution < 1.29 is 9.47 Å². The maximum atomic E-state index is 8.79. The predicted molar refractivity (Wildman–Crippen MR) is 99.4 cm³/mol. The van der Waals surface area contributed by atoms with Crippen LogP contribution in [0.25, 0.3) is 32.7 Å². The molecule has 0 aromatic heterocycles. The summed E-state index contributed by atoms with van der Waals surface area (Å²) in [6, 6.07) is 23.2. The molecule has 122 valence electrons. The zero-order valence-corrected chi connectivity index (χ0v) is 13.6. The molecule has 0 bridgehead atoms. The molecule has 0 heterocycles. The van der Waals surface area contributed by atoms with Crippen LogP contribution in [0, 0.1) is 23.0 Å². The first-order valence-corrected chi connectivity index (χ1v) is 7.98. The summed E-state index contributed by atoms with van der Waals surface area (Å²) in [5.41, 5.74) is 2.04. The second-order valence-electron chi connectivity index (χ2n) is 5.76. The first-order valence-electron chi connectivity index (χ1n) is 7.98. The van der Waals surface area contributed by atoms with Gasteiger partial charge in [-0.05, 0) is 56.9 Å². The third-order valence-corrected chi connectivity index (χ3v) is 4.32. The Hall–Kier alpha value is -4.02. The summed E-state index contributed by atoms with van der Waals surface area (Å²) in [6.45, 7) is 0. The van der Waals surface area contributed by atoms with E-state index >= 15 is 0 Å². The van der Waals surface area contributed by atoms with Gasteiger partial charge in [-0.2, -0.15) is 0 Å². The van der Waals surface area contributed by atoms with Gasteiger partial charge in [-0.3, -0.25) is 0 Å². The topological polar surface area (TPSA) is 66.0 Å². The highest BCUT2D eigenvalue weighted by atomic mass is 16.5. The van der Waals surface area contributed by atoms with Crippen LogP contribution < -0.4 is 9.47 Å². The van der Waals surface area contributed by atoms with Crippen molar-refractivity contribution in [2.75, 3.05) is 0 Å². The molecule has 0 saturated carbocycles. The molecule has 0 fully saturated rings. The largest absolute Gasteiger partial charge is 0.388 e. The van der Waals surface area contributed by atoms with E-state index in [-0.39, 0.29) is 0 Å². The molecule has 26 heavy (non-hydrogen) atoms. The Labute approximate surface area is 150 Å². The standard InChI is InChI=1S/C22H12N2O2/c23-13-25-17-9-7-15-3-1-5-19(21(15)11-17)20-6-2-4-16-8-10-18(26-14-24)12-22(16)20/h1-12H. The van der Waals surface area contributed by atoms with Crippen LogP contribution in [0.1, 0.15) is 0 Å². The first kappa shape index (κ1) is 15.5. The van der Waals surface area contributed by atoms with Gasteiger partial charge in [0.15, 0.2) is 0 Å². The molecule has 4 heteroatoms. The molecule has 0 N–H and O–H groups in total. The maximum absolute atomic E-state index is 8.79. The maximum Gasteiger partial charge on any atom is 0.292 e. The smallest absolute Gasteiger partial charge is 0.292 e. The highest BCUT2D eigenvalue weighted by Crippen LogP contribution is 2.36. The van der Waals surface area contributed by atoms with Crippen molar-refractivity contribution in [3.8, 4) is 35.1 Å². The van der Waals surface area contributed by atoms with Crippen LogP contribution in [0.15, 0.2) is 72.8 Å². The lowest BCUT2D eigenvalue weighted by Gasteiger charge is -2.11. The average molecular weight is 336 g/mol. The van der Waals surface area contributed by atoms with Crippen molar-refractivity contribution in [2.45, 2.75) is 0 Å². The normalized spacial score (nSPS) is 10.2. The van der Waals surface area contributed by atoms with E-state index in [2.05, 4.69) is 0 Å². The summed E-state index contributed by atoms with van der Waals surface area (Å²) in [5, 5.41) is 21.6. The van der Waals surface area contributed by atoms with Crippen molar-refractivity contribution in [3.05, 3.63) is 72.8 Å². The Balaban J connectivity index is 2.00. The van der Waals surface area contributed by atoms with Gasteiger partial charge in [0, 0.05) is 0 Å². The number of ether oxygens (including phenoxy) is 2. The molecule has 0 saturated heterocycles. The van der Waals surface area contributed by atoms with Crippen LogP contribution in [0.5, 0.6) is 11.5 Å². The van der Waals surface area contributed by atoms with E-state index in [1.165, 1.54) is 0 Å². The number of nitriles is 2. The van der Waals surface area contributed by atoms with Gasteiger partial charge in [-0.25, -0.2) is 0 Å². The van der Waals surface area contributed by atoms with Crippen molar-refractivity contribution in [2.24, 2.45) is 0 Å². The monoisotopic (exact) mass is 336 g/mol. The first-order chi connectivity index (χ1) is 12.8. The molecule has 0 amide bonds. The highest BCUT2D eigenvalue weighted by Gasteiger charge is 2.10. The summed E-state index contributed by atoms with van der Waals surface area (Å²) in [7, 11) is 0. The molecule has 4 nitrogen and oxygen atoms in total. The Morgan fingerprint density at radius 1 is 0.577 bits per heavy atom. The predicted octanol–water partition coefficient (Wildman–Crippen LogP) is 5.38. The van der Waals surface area contributed by atoms with Crippen LogP contribution >= 0.6 is 0 Å². The Bertz CT molecular complexity index is 1120. The molecular formula is C22H12N2O2. The minimum Gasteiger partial charge on any atom is -0.388 e. The number of hydrogen-bond acceptors (Lipinski definition) is 4. The van der Waals surface area contributed by atoms with Crippen molar-refractivity contribution in [1.82, 2.24) is 0 Å². The average Bonchev–Trinajstić information content (AvgIpc) is 2.68. The van der Waals surface area contributed by atoms with Gasteiger partial charge in [0.1, 0.15) is 11.5 Å². The zero-order valence-electron chi connectivity index (χ0n) is 13.6. The number of rotatable bonds is 3. The third kappa shape index (κ3) is 2.66. The van der Waals surface area contributed by atoms with Gasteiger partial charge >= 0.3 is 0 Å². The van der Waals surface area contributed by atoms with Crippen molar-refractivity contribution >= 4 is 21.5 Å². The molecular weight excluding hydrogens is 324 g/mol. The zero-order chi connectivity index (χ0) is 17.9. The summed E-state index contributed by atoms with van der Waals surface area (Å²) < 4.78 is 9.99. The van der Waals surface area contributed by atoms with Crippen molar-refractivity contribution in [1.29, 1.82) is 10.5 Å². The van der Waals surface area contributed by atoms with Crippen LogP contribution in [-0.2, 0) is 0 Å². The Morgan fingerprint density at radius 2 is 1.04 bits per heavy atom. The molecule has 0 unspecified atom stereocenters. The summed E-state index contributed by atoms with van der Waals surface area (Å²) in [5.74, 6) is 1.00. The summed E-state index contributed by atoms with van der Waals surface area (Å²) in [4.78, 5) is 0. The van der Waals surface area contributed by atoms with Gasteiger partial charge in [0.05, 0.1) is 0 Å². The third-order valence-electron chi connectivity index (χ3n) is 4.32. The van der Waals surface area contributed by atoms with E-state index in [0.717, 1.165) is 32.7 Å². The lowest BCUT2D eigenvalue weighted by Crippen LogP contribution is -1.87. The van der Waals surface area contributed by atoms with Crippen molar-refractivity contribution in [3.63, 3.8) is 0 Å². The Kier molecular flexibility index (Phi) is 3.86. The SMILES string of the molecule is N#COc1ccc2cccc(-c3cccc4ccc(OC#N)cc34)c2c1. The minimum atomic E-state index is 0.501. The minimum absolute atomic E-state index is 0.501. The molecule has 0 atom stereocenters. The molecule has 4 aromatic rings. The Morgan fingerprint density at radius 3 is 1.46 bits per heavy atom. The van der Waals surface area contributed by atoms with Gasteiger partial charge in [-0.1, -0.05) is 48.5 Å². The molecule has 0 aliphatic heterocycles. The van der Waals surface area contributed by atoms with Crippen LogP contribution in [0.3, 0.4) is 0 Å². The van der Waals surface area contributed by atoms with Gasteiger partial charge < -0.3 is 9.47 Å². The highest BCUT2D eigenvalue weighted by molar-refractivity contribution is 6.06. The molecule has 0 spiro atoms. The quantitative estimate of drug-likeness (QED) is 0.471. The van der Waals surface area contributed by atoms with E-state index in [0.29, 0.717) is 11.5 Å². The van der Waals surface area contributed by atoms with E-state index in [4.69, 9.17) is 20.0 Å². The molecule has 0 radical (unpaired) electrons. The molecule has 4 aromatic carbocycles. The molecule has 0 aliphatic rings. The van der Waals surface area contributed by atoms with Gasteiger partial charge in [0.2, 0.25) is 0 Å². The van der Waals surface area contributed by atoms with Crippen LogP contribution in [0.4, 0.5) is 0 Å². The lowest BCUT2D eigenvalue weighted by molar-refractivity contribution is 0.507. The second-order valence-corrected chi connectivity index (χ2v) is 5.76. The second kappa shape index (κ2) is 6.47. The number of hydrogen-bond donors (Lipinski definition) is 0. The number of nitrogens with zero attached hydrogens (tertiary/aromatic N) is 2. The lowest BCUT2D eigenvalue weighted by atomic mass is 9.94. The summed E-state index contributed by atoms with van der Waals surface area (Å²) in [6.07, 6.45) is 3.42. The van der Waals surface area contributed by atoms with Gasteiger partial charge in [-0.15, -0.1) is 10.5 Å². The summed E-state index contributed by atoms with van der Waals surface area (Å²) >= 11 is 0. The van der Waals surface area contributed by atoms with E-state index in [1.807, 2.05) is 60.7 Å². The molecule has 0 aliphatic carbocycles. The van der Waals surface area contributed by atoms with Crippen LogP contribution in [-0.4, -0.2) is 0 Å². The van der Waals surface area contributed by atoms with E-state index in [1.54, 1.807) is 24.6 Å². The van der Waals surface area contributed by atoms with E-state index < -0.39 is 0 Å². The fourth-order valence-electron chi connectivity index (χ4n) is 3.21. The number of fused-ring (bicyclic) bond motifs is 2. The fraction of sp³-hybridized carbons (Fsp3) is 0. The number of benzene rings is 4. The molecule has 4 rings (SSSR count). The fourth-order valence-corrected chi connectivity index (χ4v) is 3.21.